The summed E-state index contributed by atoms with van der Waals surface area (Å²) in [6.45, 7) is 2.70. The van der Waals surface area contributed by atoms with Crippen LogP contribution < -0.4 is 4.74 Å². The molecular weight excluding hydrogens is 400 g/mol. The number of pyridine rings is 1. The zero-order valence-electron chi connectivity index (χ0n) is 16.6. The van der Waals surface area contributed by atoms with Gasteiger partial charge in [0, 0.05) is 29.7 Å². The molecule has 0 bridgehead atoms. The molecular formula is C23H22N2O4S. The Balaban J connectivity index is 1.81. The highest BCUT2D eigenvalue weighted by Crippen LogP contribution is 2.33. The van der Waals surface area contributed by atoms with Gasteiger partial charge < -0.3 is 9.15 Å². The fourth-order valence-electron chi connectivity index (χ4n) is 3.39. The number of nitrogens with zero attached hydrogens (tertiary/aromatic N) is 2. The second-order valence-corrected chi connectivity index (χ2v) is 8.66. The molecule has 0 spiro atoms. The third-order valence-corrected chi connectivity index (χ3v) is 6.61. The summed E-state index contributed by atoms with van der Waals surface area (Å²) < 4.78 is 40.1. The van der Waals surface area contributed by atoms with Crippen molar-refractivity contribution < 1.29 is 17.6 Å². The first-order chi connectivity index (χ1) is 14.6. The molecule has 0 amide bonds. The second-order valence-electron chi connectivity index (χ2n) is 6.75. The van der Waals surface area contributed by atoms with Gasteiger partial charge in [0.15, 0.2) is 0 Å². The van der Waals surface area contributed by atoms with E-state index in [0.29, 0.717) is 23.5 Å². The van der Waals surface area contributed by atoms with E-state index in [-0.39, 0.29) is 18.0 Å². The van der Waals surface area contributed by atoms with Crippen molar-refractivity contribution in [2.24, 2.45) is 0 Å². The lowest BCUT2D eigenvalue weighted by Gasteiger charge is -2.22. The summed E-state index contributed by atoms with van der Waals surface area (Å²) in [4.78, 5) is 4.34. The van der Waals surface area contributed by atoms with Crippen LogP contribution in [0.3, 0.4) is 0 Å². The van der Waals surface area contributed by atoms with Crippen LogP contribution in [0.25, 0.3) is 10.8 Å². The molecule has 2 heterocycles. The minimum atomic E-state index is -3.84. The predicted molar refractivity (Wildman–Crippen MR) is 114 cm³/mol. The molecule has 6 nitrogen and oxygen atoms in total. The third kappa shape index (κ3) is 4.08. The van der Waals surface area contributed by atoms with Crippen molar-refractivity contribution >= 4 is 20.8 Å². The smallest absolute Gasteiger partial charge is 0.244 e. The molecule has 7 heteroatoms. The van der Waals surface area contributed by atoms with E-state index in [1.165, 1.54) is 10.6 Å². The van der Waals surface area contributed by atoms with Gasteiger partial charge in [-0.2, -0.15) is 4.31 Å². The van der Waals surface area contributed by atoms with E-state index in [2.05, 4.69) is 4.98 Å². The molecule has 0 N–H and O–H groups in total. The number of furan rings is 1. The first kappa shape index (κ1) is 20.1. The molecule has 0 aliphatic carbocycles. The van der Waals surface area contributed by atoms with Gasteiger partial charge in [0.05, 0.1) is 24.3 Å². The molecule has 2 aromatic carbocycles. The zero-order chi connectivity index (χ0) is 21.0. The largest absolute Gasteiger partial charge is 0.493 e. The fourth-order valence-corrected chi connectivity index (χ4v) is 4.98. The highest BCUT2D eigenvalue weighted by atomic mass is 32.2. The van der Waals surface area contributed by atoms with Crippen LogP contribution in [0.1, 0.15) is 18.2 Å². The fraction of sp³-hybridized carbons (Fsp3) is 0.174. The summed E-state index contributed by atoms with van der Waals surface area (Å²) in [5.74, 6) is 1.23. The Morgan fingerprint density at radius 3 is 2.50 bits per heavy atom. The highest BCUT2D eigenvalue weighted by molar-refractivity contribution is 7.89. The summed E-state index contributed by atoms with van der Waals surface area (Å²) in [6, 6.07) is 17.9. The molecule has 4 aromatic rings. The first-order valence-corrected chi connectivity index (χ1v) is 11.1. The lowest BCUT2D eigenvalue weighted by molar-refractivity contribution is 0.344. The van der Waals surface area contributed by atoms with Crippen LogP contribution in [0.4, 0.5) is 0 Å². The maximum absolute atomic E-state index is 13.8. The maximum Gasteiger partial charge on any atom is 0.244 e. The van der Waals surface area contributed by atoms with Crippen molar-refractivity contribution in [2.75, 3.05) is 6.61 Å². The van der Waals surface area contributed by atoms with Gasteiger partial charge in [-0.05, 0) is 42.8 Å². The van der Waals surface area contributed by atoms with Crippen LogP contribution >= 0.6 is 0 Å². The van der Waals surface area contributed by atoms with Crippen LogP contribution in [-0.2, 0) is 23.1 Å². The van der Waals surface area contributed by atoms with E-state index in [1.807, 2.05) is 31.2 Å². The molecule has 4 rings (SSSR count). The summed E-state index contributed by atoms with van der Waals surface area (Å²) in [7, 11) is -3.84. The second kappa shape index (κ2) is 8.69. The Morgan fingerprint density at radius 2 is 1.80 bits per heavy atom. The number of hydrogen-bond donors (Lipinski definition) is 0. The van der Waals surface area contributed by atoms with Crippen molar-refractivity contribution in [2.45, 2.75) is 24.9 Å². The van der Waals surface area contributed by atoms with Gasteiger partial charge in [0.2, 0.25) is 10.0 Å². The van der Waals surface area contributed by atoms with E-state index in [4.69, 9.17) is 9.15 Å². The van der Waals surface area contributed by atoms with E-state index in [9.17, 15) is 8.42 Å². The molecule has 0 aliphatic rings. The minimum absolute atomic E-state index is 0.117. The van der Waals surface area contributed by atoms with Crippen LogP contribution in [0.2, 0.25) is 0 Å². The van der Waals surface area contributed by atoms with E-state index >= 15 is 0 Å². The van der Waals surface area contributed by atoms with Crippen LogP contribution in [0.5, 0.6) is 5.75 Å². The molecule has 0 saturated heterocycles. The SMILES string of the molecule is CCOc1ccc(S(=O)(=O)N(Cc2cccnc2)Cc2ccco2)c2ccccc12. The number of aromatic nitrogens is 1. The van der Waals surface area contributed by atoms with Crippen molar-refractivity contribution in [1.29, 1.82) is 0 Å². The number of sulfonamides is 1. The Labute approximate surface area is 175 Å². The van der Waals surface area contributed by atoms with Gasteiger partial charge in [-0.3, -0.25) is 4.98 Å². The van der Waals surface area contributed by atoms with Crippen molar-refractivity contribution in [3.8, 4) is 5.75 Å². The number of benzene rings is 2. The number of rotatable bonds is 8. The molecule has 0 unspecified atom stereocenters. The van der Waals surface area contributed by atoms with E-state index in [0.717, 1.165) is 10.9 Å². The number of fused-ring (bicyclic) bond motifs is 1. The van der Waals surface area contributed by atoms with Gasteiger partial charge in [0.1, 0.15) is 11.5 Å². The standard InChI is InChI=1S/C23H22N2O4S/c1-2-28-22-11-12-23(21-10-4-3-9-20(21)22)30(26,27)25(17-19-8-6-14-29-19)16-18-7-5-13-24-15-18/h3-15H,2,16-17H2,1H3. The number of hydrogen-bond acceptors (Lipinski definition) is 5. The average Bonchev–Trinajstić information content (AvgIpc) is 3.27. The molecule has 0 saturated carbocycles. The molecule has 0 aliphatic heterocycles. The van der Waals surface area contributed by atoms with Gasteiger partial charge in [-0.1, -0.05) is 30.3 Å². The first-order valence-electron chi connectivity index (χ1n) is 9.65. The van der Waals surface area contributed by atoms with Gasteiger partial charge >= 0.3 is 0 Å². The summed E-state index contributed by atoms with van der Waals surface area (Å²) >= 11 is 0. The topological polar surface area (TPSA) is 72.6 Å². The van der Waals surface area contributed by atoms with E-state index < -0.39 is 10.0 Å². The summed E-state index contributed by atoms with van der Waals surface area (Å²) in [5.41, 5.74) is 0.794. The zero-order valence-corrected chi connectivity index (χ0v) is 17.4. The summed E-state index contributed by atoms with van der Waals surface area (Å²) in [5, 5.41) is 1.39. The average molecular weight is 423 g/mol. The minimum Gasteiger partial charge on any atom is -0.493 e. The molecule has 0 atom stereocenters. The van der Waals surface area contributed by atoms with Crippen molar-refractivity contribution in [3.63, 3.8) is 0 Å². The maximum atomic E-state index is 13.8. The lowest BCUT2D eigenvalue weighted by atomic mass is 10.1. The Hall–Kier alpha value is -3.16. The van der Waals surface area contributed by atoms with Gasteiger partial charge in [-0.15, -0.1) is 0 Å². The van der Waals surface area contributed by atoms with Crippen LogP contribution in [0.15, 0.2) is 88.6 Å². The van der Waals surface area contributed by atoms with Crippen molar-refractivity contribution in [3.05, 3.63) is 90.6 Å². The lowest BCUT2D eigenvalue weighted by Crippen LogP contribution is -2.30. The Bertz CT molecular complexity index is 1220. The quantitative estimate of drug-likeness (QED) is 0.414. The summed E-state index contributed by atoms with van der Waals surface area (Å²) in [6.07, 6.45) is 4.87. The molecule has 0 radical (unpaired) electrons. The monoisotopic (exact) mass is 422 g/mol. The molecule has 154 valence electrons. The predicted octanol–water partition coefficient (Wildman–Crippen LogP) is 4.62. The van der Waals surface area contributed by atoms with Crippen LogP contribution in [0, 0.1) is 0 Å². The normalized spacial score (nSPS) is 11.8. The van der Waals surface area contributed by atoms with Gasteiger partial charge in [-0.25, -0.2) is 8.42 Å². The van der Waals surface area contributed by atoms with Crippen LogP contribution in [-0.4, -0.2) is 24.3 Å². The van der Waals surface area contributed by atoms with Crippen molar-refractivity contribution in [1.82, 2.24) is 9.29 Å². The number of ether oxygens (including phenoxy) is 1. The third-order valence-electron chi connectivity index (χ3n) is 4.76. The van der Waals surface area contributed by atoms with E-state index in [1.54, 1.807) is 48.8 Å². The Morgan fingerprint density at radius 1 is 0.967 bits per heavy atom. The Kier molecular flexibility index (Phi) is 5.83. The highest BCUT2D eigenvalue weighted by Gasteiger charge is 2.28. The molecule has 30 heavy (non-hydrogen) atoms. The van der Waals surface area contributed by atoms with Gasteiger partial charge in [0.25, 0.3) is 0 Å². The molecule has 2 aromatic heterocycles. The molecule has 0 fully saturated rings.